The average Bonchev–Trinajstić information content (AvgIpc) is 2.72. The first-order valence-corrected chi connectivity index (χ1v) is 6.57. The molecule has 19 heavy (non-hydrogen) atoms. The third kappa shape index (κ3) is 2.89. The number of carbonyl (C=O) groups is 1. The molecule has 0 saturated heterocycles. The zero-order valence-electron chi connectivity index (χ0n) is 11.7. The van der Waals surface area contributed by atoms with E-state index in [1.807, 2.05) is 32.0 Å². The molecule has 0 bridgehead atoms. The number of aromatic amines is 1. The number of fused-ring (bicyclic) bond motifs is 1. The number of carbonyl (C=O) groups excluding carboxylic acids is 1. The molecule has 4 nitrogen and oxygen atoms in total. The van der Waals surface area contributed by atoms with E-state index in [1.165, 1.54) is 0 Å². The second-order valence-electron chi connectivity index (χ2n) is 4.67. The molecule has 0 radical (unpaired) electrons. The number of H-pyrrole nitrogens is 1. The van der Waals surface area contributed by atoms with E-state index in [1.54, 1.807) is 7.11 Å². The zero-order valence-corrected chi connectivity index (χ0v) is 11.7. The van der Waals surface area contributed by atoms with Crippen LogP contribution in [0.15, 0.2) is 18.2 Å². The summed E-state index contributed by atoms with van der Waals surface area (Å²) in [5, 5.41) is 3.97. The lowest BCUT2D eigenvalue weighted by Crippen LogP contribution is -2.25. The molecule has 0 unspecified atom stereocenters. The minimum absolute atomic E-state index is 0.0636. The summed E-state index contributed by atoms with van der Waals surface area (Å²) >= 11 is 0. The van der Waals surface area contributed by atoms with Crippen molar-refractivity contribution < 1.29 is 9.53 Å². The van der Waals surface area contributed by atoms with Gasteiger partial charge in [-0.3, -0.25) is 4.79 Å². The highest BCUT2D eigenvalue weighted by atomic mass is 16.5. The van der Waals surface area contributed by atoms with E-state index in [-0.39, 0.29) is 5.91 Å². The van der Waals surface area contributed by atoms with E-state index in [2.05, 4.69) is 10.3 Å². The highest BCUT2D eigenvalue weighted by molar-refractivity contribution is 5.90. The molecule has 102 valence electrons. The van der Waals surface area contributed by atoms with Crippen molar-refractivity contribution in [1.82, 2.24) is 10.3 Å². The zero-order chi connectivity index (χ0) is 13.8. The van der Waals surface area contributed by atoms with E-state index < -0.39 is 0 Å². The predicted molar refractivity (Wildman–Crippen MR) is 76.6 cm³/mol. The van der Waals surface area contributed by atoms with Crippen LogP contribution in [0.3, 0.4) is 0 Å². The molecule has 0 spiro atoms. The summed E-state index contributed by atoms with van der Waals surface area (Å²) in [7, 11) is 1.65. The Morgan fingerprint density at radius 2 is 2.21 bits per heavy atom. The maximum absolute atomic E-state index is 11.9. The third-order valence-corrected chi connectivity index (χ3v) is 3.24. The monoisotopic (exact) mass is 260 g/mol. The van der Waals surface area contributed by atoms with Crippen LogP contribution in [0, 0.1) is 6.92 Å². The standard InChI is InChI=1S/C15H20N2O2/c1-4-7-16-15(18)9-12-10(2)17-14-6-5-11(19-3)8-13(12)14/h5-6,8,17H,4,7,9H2,1-3H3,(H,16,18). The van der Waals surface area contributed by atoms with Crippen LogP contribution in [-0.2, 0) is 11.2 Å². The second kappa shape index (κ2) is 5.78. The lowest BCUT2D eigenvalue weighted by atomic mass is 10.1. The van der Waals surface area contributed by atoms with Gasteiger partial charge in [0.2, 0.25) is 5.91 Å². The summed E-state index contributed by atoms with van der Waals surface area (Å²) in [6.07, 6.45) is 1.35. The number of benzene rings is 1. The van der Waals surface area contributed by atoms with Crippen LogP contribution in [0.25, 0.3) is 10.9 Å². The van der Waals surface area contributed by atoms with Crippen LogP contribution in [0.1, 0.15) is 24.6 Å². The highest BCUT2D eigenvalue weighted by Gasteiger charge is 2.12. The summed E-state index contributed by atoms with van der Waals surface area (Å²) in [6, 6.07) is 5.87. The topological polar surface area (TPSA) is 54.1 Å². The molecule has 1 heterocycles. The first-order chi connectivity index (χ1) is 9.15. The fraction of sp³-hybridized carbons (Fsp3) is 0.400. The van der Waals surface area contributed by atoms with Crippen LogP contribution in [0.2, 0.25) is 0 Å². The Hall–Kier alpha value is -1.97. The van der Waals surface area contributed by atoms with E-state index in [0.717, 1.165) is 40.9 Å². The highest BCUT2D eigenvalue weighted by Crippen LogP contribution is 2.26. The van der Waals surface area contributed by atoms with Crippen molar-refractivity contribution in [2.24, 2.45) is 0 Å². The van der Waals surface area contributed by atoms with Gasteiger partial charge in [-0.05, 0) is 37.1 Å². The Bertz CT molecular complexity index is 587. The van der Waals surface area contributed by atoms with Gasteiger partial charge in [0.15, 0.2) is 0 Å². The number of hydrogen-bond donors (Lipinski definition) is 2. The number of ether oxygens (including phenoxy) is 1. The largest absolute Gasteiger partial charge is 0.497 e. The maximum Gasteiger partial charge on any atom is 0.224 e. The number of rotatable bonds is 5. The Labute approximate surface area is 113 Å². The smallest absolute Gasteiger partial charge is 0.224 e. The molecular formula is C15H20N2O2. The quantitative estimate of drug-likeness (QED) is 0.868. The summed E-state index contributed by atoms with van der Waals surface area (Å²) in [6.45, 7) is 4.76. The van der Waals surface area contributed by atoms with Crippen LogP contribution >= 0.6 is 0 Å². The predicted octanol–water partition coefficient (Wildman–Crippen LogP) is 2.55. The van der Waals surface area contributed by atoms with E-state index in [0.29, 0.717) is 6.42 Å². The molecule has 1 aromatic heterocycles. The van der Waals surface area contributed by atoms with E-state index >= 15 is 0 Å². The van der Waals surface area contributed by atoms with Crippen LogP contribution < -0.4 is 10.1 Å². The summed E-state index contributed by atoms with van der Waals surface area (Å²) in [5.41, 5.74) is 3.12. The molecule has 2 rings (SSSR count). The Morgan fingerprint density at radius 1 is 1.42 bits per heavy atom. The third-order valence-electron chi connectivity index (χ3n) is 3.24. The number of methoxy groups -OCH3 is 1. The van der Waals surface area contributed by atoms with Gasteiger partial charge in [0.1, 0.15) is 5.75 Å². The van der Waals surface area contributed by atoms with E-state index in [9.17, 15) is 4.79 Å². The fourth-order valence-electron chi connectivity index (χ4n) is 2.20. The molecule has 0 aliphatic carbocycles. The Morgan fingerprint density at radius 3 is 2.89 bits per heavy atom. The van der Waals surface area contributed by atoms with Gasteiger partial charge < -0.3 is 15.0 Å². The molecule has 0 aliphatic rings. The minimum Gasteiger partial charge on any atom is -0.497 e. The van der Waals surface area contributed by atoms with Gasteiger partial charge in [0.25, 0.3) is 0 Å². The average molecular weight is 260 g/mol. The molecular weight excluding hydrogens is 240 g/mol. The van der Waals surface area contributed by atoms with Crippen molar-refractivity contribution in [2.45, 2.75) is 26.7 Å². The van der Waals surface area contributed by atoms with Crippen molar-refractivity contribution in [3.05, 3.63) is 29.5 Å². The molecule has 0 atom stereocenters. The van der Waals surface area contributed by atoms with Crippen molar-refractivity contribution in [3.63, 3.8) is 0 Å². The van der Waals surface area contributed by atoms with E-state index in [4.69, 9.17) is 4.74 Å². The van der Waals surface area contributed by atoms with Crippen molar-refractivity contribution in [3.8, 4) is 5.75 Å². The Kier molecular flexibility index (Phi) is 4.10. The first-order valence-electron chi connectivity index (χ1n) is 6.57. The molecule has 0 fully saturated rings. The van der Waals surface area contributed by atoms with Crippen LogP contribution in [-0.4, -0.2) is 24.5 Å². The molecule has 0 saturated carbocycles. The van der Waals surface area contributed by atoms with Crippen molar-refractivity contribution in [1.29, 1.82) is 0 Å². The number of aryl methyl sites for hydroxylation is 1. The van der Waals surface area contributed by atoms with Gasteiger partial charge in [-0.2, -0.15) is 0 Å². The second-order valence-corrected chi connectivity index (χ2v) is 4.67. The first kappa shape index (κ1) is 13.5. The molecule has 2 N–H and O–H groups in total. The van der Waals surface area contributed by atoms with Gasteiger partial charge >= 0.3 is 0 Å². The van der Waals surface area contributed by atoms with Crippen LogP contribution in [0.5, 0.6) is 5.75 Å². The Balaban J connectivity index is 2.30. The minimum atomic E-state index is 0.0636. The molecule has 1 amide bonds. The van der Waals surface area contributed by atoms with Crippen molar-refractivity contribution >= 4 is 16.8 Å². The van der Waals surface area contributed by atoms with Gasteiger partial charge in [-0.25, -0.2) is 0 Å². The van der Waals surface area contributed by atoms with Gasteiger partial charge in [0.05, 0.1) is 13.5 Å². The summed E-state index contributed by atoms with van der Waals surface area (Å²) in [4.78, 5) is 15.2. The van der Waals surface area contributed by atoms with Crippen molar-refractivity contribution in [2.75, 3.05) is 13.7 Å². The van der Waals surface area contributed by atoms with Gasteiger partial charge in [0, 0.05) is 23.1 Å². The lowest BCUT2D eigenvalue weighted by molar-refractivity contribution is -0.120. The number of hydrogen-bond acceptors (Lipinski definition) is 2. The number of nitrogens with one attached hydrogen (secondary N) is 2. The lowest BCUT2D eigenvalue weighted by Gasteiger charge is -2.04. The fourth-order valence-corrected chi connectivity index (χ4v) is 2.20. The van der Waals surface area contributed by atoms with Crippen LogP contribution in [0.4, 0.5) is 0 Å². The van der Waals surface area contributed by atoms with Gasteiger partial charge in [-0.1, -0.05) is 6.92 Å². The normalized spacial score (nSPS) is 10.7. The molecule has 4 heteroatoms. The molecule has 2 aromatic rings. The summed E-state index contributed by atoms with van der Waals surface area (Å²) in [5.74, 6) is 0.871. The summed E-state index contributed by atoms with van der Waals surface area (Å²) < 4.78 is 5.24. The number of amides is 1. The number of aromatic nitrogens is 1. The SMILES string of the molecule is CCCNC(=O)Cc1c(C)[nH]c2ccc(OC)cc12. The van der Waals surface area contributed by atoms with Gasteiger partial charge in [-0.15, -0.1) is 0 Å². The maximum atomic E-state index is 11.9. The molecule has 1 aromatic carbocycles. The molecule has 0 aliphatic heterocycles.